The quantitative estimate of drug-likeness (QED) is 0.756. The molecule has 0 bridgehead atoms. The average molecular weight is 248 g/mol. The van der Waals surface area contributed by atoms with Gasteiger partial charge in [-0.2, -0.15) is 0 Å². The fourth-order valence-electron chi connectivity index (χ4n) is 3.13. The molecule has 0 N–H and O–H groups in total. The molecule has 2 heteroatoms. The van der Waals surface area contributed by atoms with Crippen LogP contribution in [0.5, 0.6) is 0 Å². The van der Waals surface area contributed by atoms with Crippen LogP contribution in [0.1, 0.15) is 23.6 Å². The third-order valence-electron chi connectivity index (χ3n) is 4.03. The highest BCUT2D eigenvalue weighted by molar-refractivity contribution is 5.59. The van der Waals surface area contributed by atoms with Gasteiger partial charge in [0.05, 0.1) is 11.7 Å². The summed E-state index contributed by atoms with van der Waals surface area (Å²) in [5.74, 6) is 0. The van der Waals surface area contributed by atoms with Crippen molar-refractivity contribution >= 4 is 11.8 Å². The molecule has 94 valence electrons. The summed E-state index contributed by atoms with van der Waals surface area (Å²) >= 11 is 0. The molecule has 0 amide bonds. The molecule has 1 atom stereocenters. The van der Waals surface area contributed by atoms with Crippen molar-refractivity contribution in [2.45, 2.75) is 12.5 Å². The van der Waals surface area contributed by atoms with E-state index in [0.29, 0.717) is 6.04 Å². The van der Waals surface area contributed by atoms with Crippen LogP contribution in [0.15, 0.2) is 60.8 Å². The highest BCUT2D eigenvalue weighted by atomic mass is 15.7. The molecule has 2 nitrogen and oxygen atoms in total. The molecule has 2 aromatic carbocycles. The van der Waals surface area contributed by atoms with Gasteiger partial charge in [-0.05, 0) is 35.8 Å². The zero-order chi connectivity index (χ0) is 12.7. The first-order valence-electron chi connectivity index (χ1n) is 6.81. The van der Waals surface area contributed by atoms with Crippen LogP contribution in [0.2, 0.25) is 0 Å². The highest BCUT2D eigenvalue weighted by Crippen LogP contribution is 2.39. The lowest BCUT2D eigenvalue weighted by molar-refractivity contribution is 0.329. The number of rotatable bonds is 1. The maximum absolute atomic E-state index is 2.37. The van der Waals surface area contributed by atoms with Gasteiger partial charge in [0.15, 0.2) is 0 Å². The zero-order valence-electron chi connectivity index (χ0n) is 10.7. The summed E-state index contributed by atoms with van der Waals surface area (Å²) < 4.78 is 0. The van der Waals surface area contributed by atoms with E-state index >= 15 is 0 Å². The van der Waals surface area contributed by atoms with Crippen molar-refractivity contribution in [2.75, 3.05) is 11.6 Å². The number of hydrazine groups is 1. The number of hydrogen-bond donors (Lipinski definition) is 0. The van der Waals surface area contributed by atoms with Crippen molar-refractivity contribution in [1.82, 2.24) is 5.01 Å². The molecule has 2 aliphatic rings. The van der Waals surface area contributed by atoms with Crippen LogP contribution in [0.4, 0.5) is 5.69 Å². The fraction of sp³-hybridized carbons (Fsp3) is 0.176. The number of hydrogen-bond acceptors (Lipinski definition) is 2. The standard InChI is InChI=1S/C17H16N2/c1-2-7-15(8-3-1)18-13-11-17-16-9-5-4-6-14(16)10-12-19(17)18/h1-10,12,17H,11,13H2/t17-/m0/s1. The number of nitrogens with zero attached hydrogens (tertiary/aromatic N) is 2. The van der Waals surface area contributed by atoms with Gasteiger partial charge in [-0.3, -0.25) is 10.0 Å². The molecule has 0 aliphatic carbocycles. The van der Waals surface area contributed by atoms with Gasteiger partial charge in [-0.15, -0.1) is 0 Å². The van der Waals surface area contributed by atoms with Crippen LogP contribution < -0.4 is 5.01 Å². The highest BCUT2D eigenvalue weighted by Gasteiger charge is 2.33. The van der Waals surface area contributed by atoms with Gasteiger partial charge < -0.3 is 0 Å². The molecule has 2 heterocycles. The average Bonchev–Trinajstić information content (AvgIpc) is 2.92. The van der Waals surface area contributed by atoms with Crippen LogP contribution in [-0.2, 0) is 0 Å². The summed E-state index contributed by atoms with van der Waals surface area (Å²) in [6, 6.07) is 19.8. The topological polar surface area (TPSA) is 6.48 Å². The van der Waals surface area contributed by atoms with Crippen LogP contribution in [0, 0.1) is 0 Å². The Morgan fingerprint density at radius 2 is 1.68 bits per heavy atom. The minimum atomic E-state index is 0.487. The molecular formula is C17H16N2. The summed E-state index contributed by atoms with van der Waals surface area (Å²) in [7, 11) is 0. The van der Waals surface area contributed by atoms with E-state index in [1.54, 1.807) is 0 Å². The molecule has 0 unspecified atom stereocenters. The Balaban J connectivity index is 1.73. The molecule has 0 spiro atoms. The SMILES string of the molecule is C1=CN2[C@@H](CCN2c2ccccc2)c2ccccc21. The smallest absolute Gasteiger partial charge is 0.0772 e. The van der Waals surface area contributed by atoms with Gasteiger partial charge in [-0.1, -0.05) is 42.5 Å². The largest absolute Gasteiger partial charge is 0.285 e. The van der Waals surface area contributed by atoms with E-state index in [-0.39, 0.29) is 0 Å². The maximum Gasteiger partial charge on any atom is 0.0772 e. The van der Waals surface area contributed by atoms with Crippen molar-refractivity contribution < 1.29 is 0 Å². The lowest BCUT2D eigenvalue weighted by Crippen LogP contribution is -2.34. The summed E-state index contributed by atoms with van der Waals surface area (Å²) in [5, 5.41) is 4.74. The Morgan fingerprint density at radius 1 is 0.895 bits per heavy atom. The lowest BCUT2D eigenvalue weighted by atomic mass is 9.96. The van der Waals surface area contributed by atoms with Crippen molar-refractivity contribution in [1.29, 1.82) is 0 Å². The second kappa shape index (κ2) is 4.16. The Morgan fingerprint density at radius 3 is 2.58 bits per heavy atom. The minimum Gasteiger partial charge on any atom is -0.285 e. The predicted molar refractivity (Wildman–Crippen MR) is 78.5 cm³/mol. The molecule has 1 saturated heterocycles. The van der Waals surface area contributed by atoms with Crippen LogP contribution >= 0.6 is 0 Å². The summed E-state index contributed by atoms with van der Waals surface area (Å²) in [6.07, 6.45) is 5.61. The van der Waals surface area contributed by atoms with Crippen LogP contribution in [-0.4, -0.2) is 11.6 Å². The normalized spacial score (nSPS) is 20.3. The van der Waals surface area contributed by atoms with Crippen molar-refractivity contribution in [3.05, 3.63) is 71.9 Å². The van der Waals surface area contributed by atoms with Crippen LogP contribution in [0.25, 0.3) is 6.08 Å². The van der Waals surface area contributed by atoms with Crippen LogP contribution in [0.3, 0.4) is 0 Å². The van der Waals surface area contributed by atoms with Gasteiger partial charge in [0.1, 0.15) is 0 Å². The molecule has 0 aromatic heterocycles. The first-order chi connectivity index (χ1) is 9.43. The van der Waals surface area contributed by atoms with E-state index in [1.807, 2.05) is 0 Å². The zero-order valence-corrected chi connectivity index (χ0v) is 10.7. The molecule has 2 aliphatic heterocycles. The number of para-hydroxylation sites is 1. The third-order valence-corrected chi connectivity index (χ3v) is 4.03. The molecule has 19 heavy (non-hydrogen) atoms. The molecule has 4 rings (SSSR count). The van der Waals surface area contributed by atoms with Gasteiger partial charge in [0, 0.05) is 12.7 Å². The number of anilines is 1. The van der Waals surface area contributed by atoms with Crippen molar-refractivity contribution in [3.63, 3.8) is 0 Å². The second-order valence-electron chi connectivity index (χ2n) is 5.09. The molecular weight excluding hydrogens is 232 g/mol. The molecule has 2 aromatic rings. The molecule has 0 saturated carbocycles. The lowest BCUT2D eigenvalue weighted by Gasteiger charge is -2.35. The van der Waals surface area contributed by atoms with Crippen molar-refractivity contribution in [3.8, 4) is 0 Å². The van der Waals surface area contributed by atoms with E-state index in [9.17, 15) is 0 Å². The maximum atomic E-state index is 2.37. The Hall–Kier alpha value is -2.22. The monoisotopic (exact) mass is 248 g/mol. The number of benzene rings is 2. The van der Waals surface area contributed by atoms with Gasteiger partial charge >= 0.3 is 0 Å². The van der Waals surface area contributed by atoms with Gasteiger partial charge in [-0.25, -0.2) is 0 Å². The first kappa shape index (κ1) is 10.7. The van der Waals surface area contributed by atoms with E-state index in [4.69, 9.17) is 0 Å². The Kier molecular flexibility index (Phi) is 2.34. The molecule has 1 fully saturated rings. The van der Waals surface area contributed by atoms with E-state index in [1.165, 1.54) is 23.2 Å². The number of fused-ring (bicyclic) bond motifs is 3. The summed E-state index contributed by atoms with van der Waals surface area (Å²) in [4.78, 5) is 0. The fourth-order valence-corrected chi connectivity index (χ4v) is 3.13. The second-order valence-corrected chi connectivity index (χ2v) is 5.09. The summed E-state index contributed by atoms with van der Waals surface area (Å²) in [5.41, 5.74) is 4.08. The summed E-state index contributed by atoms with van der Waals surface area (Å²) in [6.45, 7) is 1.08. The van der Waals surface area contributed by atoms with Crippen molar-refractivity contribution in [2.24, 2.45) is 0 Å². The van der Waals surface area contributed by atoms with Gasteiger partial charge in [0.25, 0.3) is 0 Å². The first-order valence-corrected chi connectivity index (χ1v) is 6.81. The predicted octanol–water partition coefficient (Wildman–Crippen LogP) is 3.84. The molecule has 0 radical (unpaired) electrons. The van der Waals surface area contributed by atoms with E-state index < -0.39 is 0 Å². The third kappa shape index (κ3) is 1.64. The van der Waals surface area contributed by atoms with E-state index in [0.717, 1.165) is 6.54 Å². The Labute approximate surface area is 113 Å². The van der Waals surface area contributed by atoms with E-state index in [2.05, 4.69) is 76.9 Å². The Bertz CT molecular complexity index is 618. The minimum absolute atomic E-state index is 0.487. The van der Waals surface area contributed by atoms with Gasteiger partial charge in [0.2, 0.25) is 0 Å².